The minimum Gasteiger partial charge on any atom is -0.493 e. The summed E-state index contributed by atoms with van der Waals surface area (Å²) in [6, 6.07) is 20.1. The van der Waals surface area contributed by atoms with E-state index < -0.39 is 65.9 Å². The van der Waals surface area contributed by atoms with E-state index in [1.165, 1.54) is 84.9 Å². The van der Waals surface area contributed by atoms with Crippen LogP contribution in [-0.4, -0.2) is 106 Å². The molecule has 7 rings (SSSR count). The number of epoxide rings is 1. The highest BCUT2D eigenvalue weighted by Crippen LogP contribution is 2.33. The summed E-state index contributed by atoms with van der Waals surface area (Å²) >= 11 is 0. The van der Waals surface area contributed by atoms with Gasteiger partial charge in [0.15, 0.2) is 0 Å². The van der Waals surface area contributed by atoms with Gasteiger partial charge in [-0.2, -0.15) is 0 Å². The predicted octanol–water partition coefficient (Wildman–Crippen LogP) is 7.68. The molecule has 1 aliphatic carbocycles. The lowest BCUT2D eigenvalue weighted by atomic mass is 9.82. The van der Waals surface area contributed by atoms with Crippen LogP contribution in [0.3, 0.4) is 0 Å². The zero-order valence-corrected chi connectivity index (χ0v) is 41.4. The number of unbranched alkanes of at least 4 members (excludes halogenated alkanes) is 2. The summed E-state index contributed by atoms with van der Waals surface area (Å²) in [4.78, 5) is 101. The van der Waals surface area contributed by atoms with Crippen molar-refractivity contribution in [1.82, 2.24) is 0 Å². The summed E-state index contributed by atoms with van der Waals surface area (Å²) in [5.41, 5.74) is 0.324. The van der Waals surface area contributed by atoms with E-state index in [1.54, 1.807) is 0 Å². The molecule has 1 saturated carbocycles. The van der Waals surface area contributed by atoms with Crippen molar-refractivity contribution in [2.24, 2.45) is 11.8 Å². The minimum absolute atomic E-state index is 0.0157. The van der Waals surface area contributed by atoms with Crippen molar-refractivity contribution in [3.63, 3.8) is 0 Å². The van der Waals surface area contributed by atoms with Gasteiger partial charge in [0.2, 0.25) is 6.29 Å². The highest BCUT2D eigenvalue weighted by atomic mass is 16.7. The lowest BCUT2D eigenvalue weighted by Crippen LogP contribution is -2.32. The molecule has 2 heterocycles. The number of esters is 8. The van der Waals surface area contributed by atoms with Gasteiger partial charge in [-0.3, -0.25) is 9.59 Å². The summed E-state index contributed by atoms with van der Waals surface area (Å²) in [5, 5.41) is 0. The molecule has 2 aliphatic heterocycles. The van der Waals surface area contributed by atoms with Gasteiger partial charge < -0.3 is 56.8 Å². The first kappa shape index (κ1) is 55.4. The number of hydrogen-bond donors (Lipinski definition) is 0. The van der Waals surface area contributed by atoms with Gasteiger partial charge in [0.1, 0.15) is 58.3 Å². The quantitative estimate of drug-likeness (QED) is 0.0139. The third kappa shape index (κ3) is 16.8. The van der Waals surface area contributed by atoms with Crippen LogP contribution in [0.1, 0.15) is 99.2 Å². The van der Waals surface area contributed by atoms with Gasteiger partial charge in [-0.05, 0) is 136 Å². The molecule has 4 aromatic rings. The van der Waals surface area contributed by atoms with Gasteiger partial charge >= 0.3 is 47.8 Å². The molecule has 2 saturated heterocycles. The topological polar surface area (TPSA) is 251 Å². The maximum absolute atomic E-state index is 13.2. The van der Waals surface area contributed by atoms with Crippen molar-refractivity contribution in [1.29, 1.82) is 0 Å². The van der Waals surface area contributed by atoms with Crippen LogP contribution in [0.2, 0.25) is 0 Å². The van der Waals surface area contributed by atoms with Crippen LogP contribution in [0.5, 0.6) is 34.5 Å². The van der Waals surface area contributed by atoms with E-state index in [-0.39, 0.29) is 95.9 Å². The Balaban J connectivity index is 0.841. The predicted molar refractivity (Wildman–Crippen MR) is 264 cm³/mol. The van der Waals surface area contributed by atoms with E-state index >= 15 is 0 Å². The summed E-state index contributed by atoms with van der Waals surface area (Å²) in [5.74, 6) is -5.03. The highest BCUT2D eigenvalue weighted by Gasteiger charge is 2.33. The number of ether oxygens (including phenoxy) is 12. The lowest BCUT2D eigenvalue weighted by molar-refractivity contribution is -0.184. The van der Waals surface area contributed by atoms with E-state index in [1.807, 2.05) is 0 Å². The molecule has 3 aliphatic rings. The highest BCUT2D eigenvalue weighted by molar-refractivity contribution is 5.96. The third-order valence-electron chi connectivity index (χ3n) is 11.9. The van der Waals surface area contributed by atoms with E-state index in [0.717, 1.165) is 12.2 Å². The smallest absolute Gasteiger partial charge is 0.344 e. The second kappa shape index (κ2) is 27.8. The first-order valence-corrected chi connectivity index (χ1v) is 24.7. The molecule has 400 valence electrons. The first-order chi connectivity index (χ1) is 36.8. The molecule has 0 radical (unpaired) electrons. The molecular formula is C56H56O20. The normalized spacial score (nSPS) is 17.2. The molecule has 0 N–H and O–H groups in total. The van der Waals surface area contributed by atoms with Gasteiger partial charge in [0, 0.05) is 18.6 Å². The number of hydrogen-bond acceptors (Lipinski definition) is 20. The van der Waals surface area contributed by atoms with Crippen LogP contribution < -0.4 is 28.4 Å². The van der Waals surface area contributed by atoms with Gasteiger partial charge in [0.05, 0.1) is 62.6 Å². The van der Waals surface area contributed by atoms with Crippen LogP contribution in [0, 0.1) is 11.8 Å². The average molecular weight is 1050 g/mol. The average Bonchev–Trinajstić information content (AvgIpc) is 4.26. The Kier molecular flexibility index (Phi) is 20.3. The molecule has 3 fully saturated rings. The third-order valence-corrected chi connectivity index (χ3v) is 11.9. The molecule has 0 amide bonds. The summed E-state index contributed by atoms with van der Waals surface area (Å²) in [6.45, 7) is 8.46. The van der Waals surface area contributed by atoms with E-state index in [0.29, 0.717) is 71.0 Å². The SMILES string of the molecule is C=CC(=O)OCCCCOc1ccc(OC(=O)c2ccc(OC(=O)C3CCC(C(=O)Oc4ccc(C(=O)Oc5ccc(OCCCCOC(=O)C=C)c(C(=O)OC6CCO6)c5)cc4)CC3)cc2)cc1C(=O)OCC1CO1. The fourth-order valence-electron chi connectivity index (χ4n) is 7.47. The maximum atomic E-state index is 13.2. The molecule has 0 bridgehead atoms. The molecule has 2 atom stereocenters. The largest absolute Gasteiger partial charge is 0.493 e. The zero-order chi connectivity index (χ0) is 53.8. The van der Waals surface area contributed by atoms with Crippen molar-refractivity contribution in [3.8, 4) is 34.5 Å². The van der Waals surface area contributed by atoms with Crippen molar-refractivity contribution in [2.45, 2.75) is 70.2 Å². The Morgan fingerprint density at radius 2 is 0.908 bits per heavy atom. The fourth-order valence-corrected chi connectivity index (χ4v) is 7.47. The Labute approximate surface area is 437 Å². The second-order valence-electron chi connectivity index (χ2n) is 17.4. The van der Waals surface area contributed by atoms with Crippen LogP contribution in [0.25, 0.3) is 0 Å². The molecule has 2 unspecified atom stereocenters. The molecule has 20 nitrogen and oxygen atoms in total. The second-order valence-corrected chi connectivity index (χ2v) is 17.4. The molecular weight excluding hydrogens is 993 g/mol. The Hall–Kier alpha value is -8.36. The van der Waals surface area contributed by atoms with E-state index in [9.17, 15) is 38.4 Å². The van der Waals surface area contributed by atoms with Crippen molar-refractivity contribution in [3.05, 3.63) is 132 Å². The van der Waals surface area contributed by atoms with Gasteiger partial charge in [-0.15, -0.1) is 0 Å². The fraction of sp³-hybridized carbons (Fsp3) is 0.357. The first-order valence-electron chi connectivity index (χ1n) is 24.7. The minimum atomic E-state index is -0.747. The monoisotopic (exact) mass is 1050 g/mol. The standard InChI is InChI=1S/C56H56O20/c1-3-48(57)67-28-7-5-26-65-46-23-21-41(31-44(46)55(63)71-34-43-33-70-43)74-53(61)37-13-17-39(18-14-37)72-51(59)35-9-11-36(12-10-35)52(60)73-40-19-15-38(16-20-40)54(62)75-42-22-24-47(66-27-6-8-29-68-49(58)4-2)45(32-42)56(64)76-50-25-30-69-50/h3-4,13-24,31-32,35-36,43,50H,1-2,5-12,25-30,33-34H2. The number of carbonyl (C=O) groups is 8. The van der Waals surface area contributed by atoms with Crippen molar-refractivity contribution < 1.29 is 95.2 Å². The Bertz CT molecular complexity index is 2730. The van der Waals surface area contributed by atoms with Gasteiger partial charge in [-0.25, -0.2) is 28.8 Å². The van der Waals surface area contributed by atoms with Crippen LogP contribution >= 0.6 is 0 Å². The Morgan fingerprint density at radius 3 is 1.32 bits per heavy atom. The summed E-state index contributed by atoms with van der Waals surface area (Å²) in [7, 11) is 0. The van der Waals surface area contributed by atoms with E-state index in [4.69, 9.17) is 56.8 Å². The molecule has 76 heavy (non-hydrogen) atoms. The summed E-state index contributed by atoms with van der Waals surface area (Å²) in [6.07, 6.45) is 5.33. The van der Waals surface area contributed by atoms with Crippen LogP contribution in [0.4, 0.5) is 0 Å². The van der Waals surface area contributed by atoms with Crippen LogP contribution in [0.15, 0.2) is 110 Å². The van der Waals surface area contributed by atoms with Gasteiger partial charge in [0.25, 0.3) is 0 Å². The van der Waals surface area contributed by atoms with Crippen molar-refractivity contribution >= 4 is 47.8 Å². The number of benzene rings is 4. The molecule has 20 heteroatoms. The maximum Gasteiger partial charge on any atom is 0.344 e. The van der Waals surface area contributed by atoms with Gasteiger partial charge in [-0.1, -0.05) is 13.2 Å². The van der Waals surface area contributed by atoms with E-state index in [2.05, 4.69) is 13.2 Å². The Morgan fingerprint density at radius 1 is 0.487 bits per heavy atom. The zero-order valence-electron chi connectivity index (χ0n) is 41.4. The van der Waals surface area contributed by atoms with Crippen molar-refractivity contribution in [2.75, 3.05) is 46.2 Å². The molecule has 0 aromatic heterocycles. The number of rotatable bonds is 27. The summed E-state index contributed by atoms with van der Waals surface area (Å²) < 4.78 is 65.0. The van der Waals surface area contributed by atoms with Crippen LogP contribution in [-0.2, 0) is 47.6 Å². The number of carbonyl (C=O) groups excluding carboxylic acids is 8. The lowest BCUT2D eigenvalue weighted by Gasteiger charge is -2.26. The molecule has 0 spiro atoms. The molecule has 4 aromatic carbocycles.